The summed E-state index contributed by atoms with van der Waals surface area (Å²) in [7, 11) is -1.56. The summed E-state index contributed by atoms with van der Waals surface area (Å²) in [6.07, 6.45) is 0. The first-order valence-electron chi connectivity index (χ1n) is 11.7. The molecule has 1 saturated heterocycles. The van der Waals surface area contributed by atoms with Crippen LogP contribution >= 0.6 is 11.6 Å². The zero-order valence-electron chi connectivity index (χ0n) is 19.4. The molecule has 0 aromatic heterocycles. The largest absolute Gasteiger partial charge is 0.336 e. The van der Waals surface area contributed by atoms with Gasteiger partial charge >= 0.3 is 0 Å². The maximum absolute atomic E-state index is 13.7. The zero-order chi connectivity index (χ0) is 24.5. The second-order valence-corrected chi connectivity index (χ2v) is 10.5. The van der Waals surface area contributed by atoms with Crippen LogP contribution in [0.4, 0.5) is 5.69 Å². The van der Waals surface area contributed by atoms with Gasteiger partial charge in [-0.2, -0.15) is 0 Å². The Morgan fingerprint density at radius 2 is 1.66 bits per heavy atom. The highest BCUT2D eigenvalue weighted by atomic mass is 35.5. The molecule has 35 heavy (non-hydrogen) atoms. The fourth-order valence-corrected chi connectivity index (χ4v) is 6.05. The predicted octanol–water partition coefficient (Wildman–Crippen LogP) is 4.44. The lowest BCUT2D eigenvalue weighted by molar-refractivity contribution is 0.0643. The molecule has 3 aromatic carbocycles. The Labute approximate surface area is 212 Å². The first kappa shape index (κ1) is 23.7. The Morgan fingerprint density at radius 3 is 2.37 bits per heavy atom. The molecule has 0 radical (unpaired) electrons. The van der Waals surface area contributed by atoms with Crippen molar-refractivity contribution in [2.45, 2.75) is 23.3 Å². The molecule has 0 spiro atoms. The summed E-state index contributed by atoms with van der Waals surface area (Å²) < 4.78 is 13.6. The van der Waals surface area contributed by atoms with Crippen LogP contribution in [0.2, 0.25) is 5.02 Å². The van der Waals surface area contributed by atoms with Crippen molar-refractivity contribution in [3.8, 4) is 0 Å². The van der Waals surface area contributed by atoms with Gasteiger partial charge < -0.3 is 14.7 Å². The molecule has 5 rings (SSSR count). The number of halogens is 1. The fourth-order valence-electron chi connectivity index (χ4n) is 4.58. The van der Waals surface area contributed by atoms with E-state index in [1.165, 1.54) is 0 Å². The van der Waals surface area contributed by atoms with Gasteiger partial charge in [0.15, 0.2) is 0 Å². The van der Waals surface area contributed by atoms with E-state index in [9.17, 15) is 13.8 Å². The summed E-state index contributed by atoms with van der Waals surface area (Å²) in [5, 5.41) is 0.610. The summed E-state index contributed by atoms with van der Waals surface area (Å²) in [4.78, 5) is 33.9. The lowest BCUT2D eigenvalue weighted by Crippen LogP contribution is -2.48. The van der Waals surface area contributed by atoms with Gasteiger partial charge in [0, 0.05) is 36.8 Å². The lowest BCUT2D eigenvalue weighted by atomic mass is 10.1. The number of fused-ring (bicyclic) bond motifs is 2. The number of anilines is 1. The van der Waals surface area contributed by atoms with Crippen molar-refractivity contribution in [2.24, 2.45) is 0 Å². The number of carbonyl (C=O) groups excluding carboxylic acids is 2. The third-order valence-electron chi connectivity index (χ3n) is 6.62. The summed E-state index contributed by atoms with van der Waals surface area (Å²) in [5.74, 6) is -0.321. The minimum Gasteiger partial charge on any atom is -0.336 e. The molecule has 2 aliphatic heterocycles. The molecule has 1 atom stereocenters. The van der Waals surface area contributed by atoms with Crippen molar-refractivity contribution >= 4 is 39.9 Å². The van der Waals surface area contributed by atoms with Crippen LogP contribution in [0.5, 0.6) is 0 Å². The van der Waals surface area contributed by atoms with E-state index in [-0.39, 0.29) is 18.4 Å². The molecular weight excluding hydrogens is 482 g/mol. The fraction of sp³-hybridized carbons (Fsp3) is 0.259. The third-order valence-corrected chi connectivity index (χ3v) is 8.37. The van der Waals surface area contributed by atoms with E-state index >= 15 is 0 Å². The van der Waals surface area contributed by atoms with E-state index in [2.05, 4.69) is 11.8 Å². The van der Waals surface area contributed by atoms with Crippen molar-refractivity contribution in [1.29, 1.82) is 0 Å². The SMILES string of the molecule is CCN1CCN(C(=O)c2ccc3c(c2)N(Cc2ccc(Cl)cc2)C(=O)c2ccccc2[S@@]3=O)CC1. The average molecular weight is 508 g/mol. The number of benzene rings is 3. The van der Waals surface area contributed by atoms with Crippen LogP contribution in [0, 0.1) is 0 Å². The molecule has 180 valence electrons. The topological polar surface area (TPSA) is 60.9 Å². The Balaban J connectivity index is 1.56. The first-order valence-corrected chi connectivity index (χ1v) is 13.2. The van der Waals surface area contributed by atoms with Crippen LogP contribution in [0.15, 0.2) is 76.5 Å². The quantitative estimate of drug-likeness (QED) is 0.523. The van der Waals surface area contributed by atoms with Gasteiger partial charge in [0.1, 0.15) is 0 Å². The molecule has 1 fully saturated rings. The van der Waals surface area contributed by atoms with Gasteiger partial charge in [0.2, 0.25) is 0 Å². The molecule has 2 amide bonds. The number of amides is 2. The Bertz CT molecular complexity index is 1300. The Hall–Kier alpha value is -3.00. The van der Waals surface area contributed by atoms with Gasteiger partial charge in [-0.15, -0.1) is 0 Å². The number of rotatable bonds is 4. The van der Waals surface area contributed by atoms with Crippen molar-refractivity contribution in [2.75, 3.05) is 37.6 Å². The normalized spacial score (nSPS) is 18.1. The monoisotopic (exact) mass is 507 g/mol. The van der Waals surface area contributed by atoms with Crippen molar-refractivity contribution < 1.29 is 13.8 Å². The molecule has 0 N–H and O–H groups in total. The van der Waals surface area contributed by atoms with E-state index in [4.69, 9.17) is 11.6 Å². The molecule has 0 aliphatic carbocycles. The van der Waals surface area contributed by atoms with E-state index < -0.39 is 10.8 Å². The summed E-state index contributed by atoms with van der Waals surface area (Å²) in [6.45, 7) is 6.36. The number of likely N-dealkylation sites (N-methyl/N-ethyl adjacent to an activating group) is 1. The van der Waals surface area contributed by atoms with Gasteiger partial charge in [0.05, 0.1) is 38.4 Å². The third kappa shape index (κ3) is 4.63. The minimum absolute atomic E-state index is 0.0741. The van der Waals surface area contributed by atoms with Crippen molar-refractivity contribution in [3.05, 3.63) is 88.4 Å². The molecule has 3 aromatic rings. The average Bonchev–Trinajstić information content (AvgIpc) is 2.99. The number of hydrogen-bond acceptors (Lipinski definition) is 4. The second-order valence-electron chi connectivity index (χ2n) is 8.69. The van der Waals surface area contributed by atoms with Gasteiger partial charge in [-0.25, -0.2) is 4.21 Å². The van der Waals surface area contributed by atoms with Crippen LogP contribution in [0.25, 0.3) is 0 Å². The van der Waals surface area contributed by atoms with Crippen LogP contribution in [0.3, 0.4) is 0 Å². The number of nitrogens with zero attached hydrogens (tertiary/aromatic N) is 3. The van der Waals surface area contributed by atoms with Crippen LogP contribution in [-0.2, 0) is 17.3 Å². The van der Waals surface area contributed by atoms with Crippen LogP contribution in [0.1, 0.15) is 33.2 Å². The molecular formula is C27H26ClN3O3S. The number of piperazine rings is 1. The summed E-state index contributed by atoms with van der Waals surface area (Å²) in [5.41, 5.74) is 2.27. The highest BCUT2D eigenvalue weighted by Gasteiger charge is 2.32. The maximum atomic E-state index is 13.7. The first-order chi connectivity index (χ1) is 17.0. The minimum atomic E-state index is -1.56. The van der Waals surface area contributed by atoms with Gasteiger partial charge in [0.25, 0.3) is 11.8 Å². The molecule has 2 heterocycles. The Morgan fingerprint density at radius 1 is 0.943 bits per heavy atom. The zero-order valence-corrected chi connectivity index (χ0v) is 21.0. The van der Waals surface area contributed by atoms with E-state index in [0.717, 1.165) is 25.2 Å². The van der Waals surface area contributed by atoms with Crippen LogP contribution in [-0.4, -0.2) is 58.5 Å². The van der Waals surface area contributed by atoms with E-state index in [1.807, 2.05) is 17.0 Å². The van der Waals surface area contributed by atoms with Crippen LogP contribution < -0.4 is 4.90 Å². The van der Waals surface area contributed by atoms with Gasteiger partial charge in [-0.05, 0) is 54.6 Å². The lowest BCUT2D eigenvalue weighted by Gasteiger charge is -2.34. The smallest absolute Gasteiger partial charge is 0.259 e. The van der Waals surface area contributed by atoms with Gasteiger partial charge in [-0.1, -0.05) is 42.8 Å². The highest BCUT2D eigenvalue weighted by Crippen LogP contribution is 2.36. The molecule has 0 saturated carbocycles. The molecule has 8 heteroatoms. The number of carbonyl (C=O) groups is 2. The highest BCUT2D eigenvalue weighted by molar-refractivity contribution is 7.85. The molecule has 0 bridgehead atoms. The van der Waals surface area contributed by atoms with Gasteiger partial charge in [-0.3, -0.25) is 9.59 Å². The standard InChI is InChI=1S/C27H26ClN3O3S/c1-2-29-13-15-30(16-14-29)26(32)20-9-12-25-23(17-20)31(18-19-7-10-21(28)11-8-19)27(33)22-5-3-4-6-24(22)35(25)34/h3-12,17H,2,13-16,18H2,1H3/t35-/m0/s1. The maximum Gasteiger partial charge on any atom is 0.259 e. The molecule has 2 aliphatic rings. The van der Waals surface area contributed by atoms with Crippen molar-refractivity contribution in [3.63, 3.8) is 0 Å². The predicted molar refractivity (Wildman–Crippen MR) is 138 cm³/mol. The molecule has 0 unspecified atom stereocenters. The molecule has 6 nitrogen and oxygen atoms in total. The summed E-state index contributed by atoms with van der Waals surface area (Å²) in [6, 6.07) is 19.5. The van der Waals surface area contributed by atoms with E-state index in [0.29, 0.717) is 44.7 Å². The Kier molecular flexibility index (Phi) is 6.73. The summed E-state index contributed by atoms with van der Waals surface area (Å²) >= 11 is 6.06. The second kappa shape index (κ2) is 9.93. The van der Waals surface area contributed by atoms with E-state index in [1.54, 1.807) is 59.5 Å². The van der Waals surface area contributed by atoms with Crippen molar-refractivity contribution in [1.82, 2.24) is 9.80 Å². The number of hydrogen-bond donors (Lipinski definition) is 0.